The van der Waals surface area contributed by atoms with E-state index in [0.29, 0.717) is 13.1 Å². The molecule has 1 aromatic heterocycles. The van der Waals surface area contributed by atoms with Gasteiger partial charge in [-0.2, -0.15) is 5.10 Å². The van der Waals surface area contributed by atoms with Crippen LogP contribution in [0.1, 0.15) is 26.7 Å². The van der Waals surface area contributed by atoms with Crippen LogP contribution in [0, 0.1) is 0 Å². The van der Waals surface area contributed by atoms with Crippen LogP contribution < -0.4 is 10.2 Å². The van der Waals surface area contributed by atoms with E-state index in [0.717, 1.165) is 50.8 Å². The molecule has 1 aromatic rings. The van der Waals surface area contributed by atoms with Crippen molar-refractivity contribution in [2.75, 3.05) is 76.9 Å². The number of rotatable bonds is 8. The second-order valence-corrected chi connectivity index (χ2v) is 8.06. The Hall–Kier alpha value is -1.40. The molecule has 176 valence electrons. The predicted octanol–water partition coefficient (Wildman–Crippen LogP) is 1.07. The average molecular weight is 547 g/mol. The third-order valence-corrected chi connectivity index (χ3v) is 5.91. The quantitative estimate of drug-likeness (QED) is 0.228. The van der Waals surface area contributed by atoms with Crippen molar-refractivity contribution < 1.29 is 4.79 Å². The van der Waals surface area contributed by atoms with Crippen LogP contribution in [-0.2, 0) is 11.8 Å². The number of nitrogens with one attached hydrogen (secondary N) is 1. The number of carbonyl (C=O) groups is 1. The zero-order valence-corrected chi connectivity index (χ0v) is 21.6. The molecule has 2 aliphatic heterocycles. The highest BCUT2D eigenvalue weighted by molar-refractivity contribution is 14.0. The van der Waals surface area contributed by atoms with Crippen LogP contribution in [-0.4, -0.2) is 108 Å². The first-order valence-corrected chi connectivity index (χ1v) is 11.4. The molecular weight excluding hydrogens is 507 g/mol. The first kappa shape index (κ1) is 25.9. The van der Waals surface area contributed by atoms with E-state index in [1.165, 1.54) is 32.6 Å². The predicted molar refractivity (Wildman–Crippen MR) is 136 cm³/mol. The minimum atomic E-state index is 0. The zero-order chi connectivity index (χ0) is 21.3. The Kier molecular flexibility index (Phi) is 11.0. The maximum atomic E-state index is 12.7. The van der Waals surface area contributed by atoms with Crippen LogP contribution in [0.25, 0.3) is 0 Å². The van der Waals surface area contributed by atoms with Gasteiger partial charge in [-0.3, -0.25) is 14.5 Å². The fraction of sp³-hybridized carbons (Fsp3) is 0.762. The van der Waals surface area contributed by atoms with E-state index >= 15 is 0 Å². The molecule has 2 fully saturated rings. The van der Waals surface area contributed by atoms with Crippen molar-refractivity contribution in [1.29, 1.82) is 0 Å². The summed E-state index contributed by atoms with van der Waals surface area (Å²) < 4.78 is 1.73. The molecule has 31 heavy (non-hydrogen) atoms. The Bertz CT molecular complexity index is 701. The highest BCUT2D eigenvalue weighted by Crippen LogP contribution is 2.16. The monoisotopic (exact) mass is 546 g/mol. The number of aromatic nitrogens is 2. The minimum Gasteiger partial charge on any atom is -0.357 e. The molecule has 0 unspecified atom stereocenters. The van der Waals surface area contributed by atoms with Crippen LogP contribution in [0.15, 0.2) is 17.4 Å². The van der Waals surface area contributed by atoms with Gasteiger partial charge < -0.3 is 24.9 Å². The summed E-state index contributed by atoms with van der Waals surface area (Å²) in [6.45, 7) is 14.8. The van der Waals surface area contributed by atoms with E-state index in [1.54, 1.807) is 10.9 Å². The summed E-state index contributed by atoms with van der Waals surface area (Å²) in [6.07, 6.45) is 5.87. The third-order valence-electron chi connectivity index (χ3n) is 5.91. The number of anilines is 1. The van der Waals surface area contributed by atoms with Gasteiger partial charge in [0.1, 0.15) is 6.54 Å². The molecule has 2 saturated heterocycles. The maximum absolute atomic E-state index is 12.7. The molecule has 2 aliphatic rings. The molecule has 0 aliphatic carbocycles. The van der Waals surface area contributed by atoms with E-state index < -0.39 is 0 Å². The average Bonchev–Trinajstić information content (AvgIpc) is 3.19. The van der Waals surface area contributed by atoms with Crippen LogP contribution in [0.4, 0.5) is 5.69 Å². The SMILES string of the molecule is CCNC(=NCCCCN1CCN(CC)CC1)N1CCN(c2cnn(C)c2)C(=O)C1.I. The molecule has 1 N–H and O–H groups in total. The number of amides is 1. The van der Waals surface area contributed by atoms with E-state index in [9.17, 15) is 4.79 Å². The number of guanidine groups is 1. The van der Waals surface area contributed by atoms with Gasteiger partial charge in [0, 0.05) is 65.6 Å². The lowest BCUT2D eigenvalue weighted by Gasteiger charge is -2.35. The van der Waals surface area contributed by atoms with Gasteiger partial charge in [-0.05, 0) is 32.9 Å². The van der Waals surface area contributed by atoms with Gasteiger partial charge in [0.2, 0.25) is 5.91 Å². The number of piperazine rings is 2. The number of unbranched alkanes of at least 4 members (excludes halogenated alkanes) is 1. The fourth-order valence-electron chi connectivity index (χ4n) is 4.06. The van der Waals surface area contributed by atoms with Gasteiger partial charge >= 0.3 is 0 Å². The van der Waals surface area contributed by atoms with Crippen LogP contribution in [0.5, 0.6) is 0 Å². The number of aliphatic imine (C=N–C) groups is 1. The van der Waals surface area contributed by atoms with Crippen LogP contribution >= 0.6 is 24.0 Å². The van der Waals surface area contributed by atoms with Crippen LogP contribution in [0.3, 0.4) is 0 Å². The van der Waals surface area contributed by atoms with Gasteiger partial charge in [0.05, 0.1) is 11.9 Å². The van der Waals surface area contributed by atoms with E-state index in [2.05, 4.69) is 39.0 Å². The summed E-state index contributed by atoms with van der Waals surface area (Å²) in [7, 11) is 1.87. The summed E-state index contributed by atoms with van der Waals surface area (Å²) >= 11 is 0. The summed E-state index contributed by atoms with van der Waals surface area (Å²) in [5.74, 6) is 0.944. The van der Waals surface area contributed by atoms with E-state index in [1.807, 2.05) is 18.1 Å². The molecule has 3 heterocycles. The number of carbonyl (C=O) groups excluding carboxylic acids is 1. The molecule has 9 nitrogen and oxygen atoms in total. The van der Waals surface area contributed by atoms with Crippen molar-refractivity contribution in [3.05, 3.63) is 12.4 Å². The molecule has 0 saturated carbocycles. The van der Waals surface area contributed by atoms with Gasteiger partial charge in [0.15, 0.2) is 5.96 Å². The van der Waals surface area contributed by atoms with Crippen molar-refractivity contribution in [3.63, 3.8) is 0 Å². The lowest BCUT2D eigenvalue weighted by atomic mass is 10.2. The van der Waals surface area contributed by atoms with Crippen LogP contribution in [0.2, 0.25) is 0 Å². The third kappa shape index (κ3) is 7.60. The Balaban J connectivity index is 0.00000341. The summed E-state index contributed by atoms with van der Waals surface area (Å²) in [6, 6.07) is 0. The first-order chi connectivity index (χ1) is 14.6. The Labute approximate surface area is 203 Å². The van der Waals surface area contributed by atoms with E-state index in [4.69, 9.17) is 4.99 Å². The first-order valence-electron chi connectivity index (χ1n) is 11.4. The molecule has 3 rings (SSSR count). The van der Waals surface area contributed by atoms with Crippen molar-refractivity contribution >= 4 is 41.5 Å². The molecule has 0 spiro atoms. The van der Waals surface area contributed by atoms with Gasteiger partial charge in [-0.25, -0.2) is 0 Å². The molecular formula is C21H39IN8O. The topological polar surface area (TPSA) is 72.2 Å². The molecule has 0 bridgehead atoms. The number of aryl methyl sites for hydroxylation is 1. The number of halogens is 1. The fourth-order valence-corrected chi connectivity index (χ4v) is 4.06. The lowest BCUT2D eigenvalue weighted by molar-refractivity contribution is -0.120. The second kappa shape index (κ2) is 13.2. The normalized spacial score (nSPS) is 18.9. The number of nitrogens with zero attached hydrogens (tertiary/aromatic N) is 7. The largest absolute Gasteiger partial charge is 0.357 e. The second-order valence-electron chi connectivity index (χ2n) is 8.06. The van der Waals surface area contributed by atoms with Gasteiger partial charge in [-0.15, -0.1) is 24.0 Å². The highest BCUT2D eigenvalue weighted by Gasteiger charge is 2.27. The standard InChI is InChI=1S/C21H38N8O.HI/c1-4-22-21(23-8-6-7-9-27-12-10-26(5-2)11-13-27)28-14-15-29(20(30)18-28)19-16-24-25(3)17-19;/h16-17H,4-15,18H2,1-3H3,(H,22,23);1H. The van der Waals surface area contributed by atoms with Crippen molar-refractivity contribution in [2.24, 2.45) is 12.0 Å². The number of hydrogen-bond acceptors (Lipinski definition) is 5. The van der Waals surface area contributed by atoms with Crippen molar-refractivity contribution in [3.8, 4) is 0 Å². The summed E-state index contributed by atoms with van der Waals surface area (Å²) in [4.78, 5) is 26.4. The Morgan fingerprint density at radius 1 is 1.10 bits per heavy atom. The van der Waals surface area contributed by atoms with E-state index in [-0.39, 0.29) is 29.9 Å². The molecule has 0 radical (unpaired) electrons. The maximum Gasteiger partial charge on any atom is 0.246 e. The van der Waals surface area contributed by atoms with Gasteiger partial charge in [-0.1, -0.05) is 6.92 Å². The molecule has 10 heteroatoms. The smallest absolute Gasteiger partial charge is 0.246 e. The summed E-state index contributed by atoms with van der Waals surface area (Å²) in [5.41, 5.74) is 0.865. The number of hydrogen-bond donors (Lipinski definition) is 1. The summed E-state index contributed by atoms with van der Waals surface area (Å²) in [5, 5.41) is 7.53. The Morgan fingerprint density at radius 2 is 1.84 bits per heavy atom. The zero-order valence-electron chi connectivity index (χ0n) is 19.3. The highest BCUT2D eigenvalue weighted by atomic mass is 127. The minimum absolute atomic E-state index is 0. The van der Waals surface area contributed by atoms with Gasteiger partial charge in [0.25, 0.3) is 0 Å². The number of likely N-dealkylation sites (N-methyl/N-ethyl adjacent to an activating group) is 1. The Morgan fingerprint density at radius 3 is 2.45 bits per heavy atom. The molecule has 1 amide bonds. The lowest BCUT2D eigenvalue weighted by Crippen LogP contribution is -2.55. The molecule has 0 atom stereocenters. The molecule has 0 aromatic carbocycles. The van der Waals surface area contributed by atoms with Crippen molar-refractivity contribution in [2.45, 2.75) is 26.7 Å². The van der Waals surface area contributed by atoms with Crippen molar-refractivity contribution in [1.82, 2.24) is 29.8 Å².